The van der Waals surface area contributed by atoms with E-state index < -0.39 is 22.9 Å². The predicted molar refractivity (Wildman–Crippen MR) is 137 cm³/mol. The monoisotopic (exact) mass is 500 g/mol. The number of epoxide rings is 2. The van der Waals surface area contributed by atoms with Gasteiger partial charge in [0.2, 0.25) is 5.91 Å². The van der Waals surface area contributed by atoms with E-state index >= 15 is 4.39 Å². The number of aromatic nitrogens is 1. The number of amides is 1. The Kier molecular flexibility index (Phi) is 8.01. The van der Waals surface area contributed by atoms with Crippen LogP contribution in [0.25, 0.3) is 6.08 Å². The van der Waals surface area contributed by atoms with Gasteiger partial charge < -0.3 is 14.8 Å². The van der Waals surface area contributed by atoms with Crippen molar-refractivity contribution in [3.63, 3.8) is 0 Å². The lowest BCUT2D eigenvalue weighted by molar-refractivity contribution is -0.128. The Morgan fingerprint density at radius 3 is 2.67 bits per heavy atom. The summed E-state index contributed by atoms with van der Waals surface area (Å²) < 4.78 is 27.7. The molecule has 3 aliphatic heterocycles. The largest absolute Gasteiger partial charge is 0.373 e. The molecule has 0 aliphatic carbocycles. The topological polar surface area (TPSA) is 84.1 Å². The van der Waals surface area contributed by atoms with Crippen molar-refractivity contribution in [2.45, 2.75) is 109 Å². The van der Waals surface area contributed by atoms with Gasteiger partial charge >= 0.3 is 0 Å². The summed E-state index contributed by atoms with van der Waals surface area (Å²) in [5.41, 5.74) is -1.02. The van der Waals surface area contributed by atoms with Crippen LogP contribution in [0.3, 0.4) is 0 Å². The van der Waals surface area contributed by atoms with Crippen molar-refractivity contribution in [1.29, 1.82) is 0 Å². The van der Waals surface area contributed by atoms with E-state index in [1.807, 2.05) is 13.8 Å². The second-order valence-corrected chi connectivity index (χ2v) is 11.9. The average molecular weight is 501 g/mol. The van der Waals surface area contributed by atoms with E-state index in [1.165, 1.54) is 6.08 Å². The first-order chi connectivity index (χ1) is 17.0. The number of halogens is 1. The standard InChI is InChI=1S/C29H41FN2O4/c1-20-8-7-13-28(4)29(36-28,17-22-19-35-22)18-24(23(30)16-21-9-5-6-15-31-21)32-26(34)12-14-27(2,3)25(33)11-10-20/h5-6,9,15-16,20,22,24H,7-8,10-14,17-19H2,1-4H3,(H,32,34). The lowest BCUT2D eigenvalue weighted by atomic mass is 9.78. The molecule has 1 N–H and O–H groups in total. The number of nitrogens with one attached hydrogen (secondary N) is 1. The van der Waals surface area contributed by atoms with Gasteiger partial charge in [0.25, 0.3) is 0 Å². The molecule has 4 rings (SSSR count). The lowest BCUT2D eigenvalue weighted by Crippen LogP contribution is -2.41. The summed E-state index contributed by atoms with van der Waals surface area (Å²) in [5, 5.41) is 2.93. The first kappa shape index (κ1) is 26.9. The molecule has 6 nitrogen and oxygen atoms in total. The molecule has 0 bridgehead atoms. The Morgan fingerprint density at radius 1 is 1.19 bits per heavy atom. The minimum absolute atomic E-state index is 0.127. The summed E-state index contributed by atoms with van der Waals surface area (Å²) in [5.74, 6) is -0.0731. The predicted octanol–water partition coefficient (Wildman–Crippen LogP) is 5.56. The van der Waals surface area contributed by atoms with Gasteiger partial charge in [-0.15, -0.1) is 0 Å². The number of carbonyl (C=O) groups is 2. The molecular formula is C29H41FN2O4. The molecule has 5 atom stereocenters. The Bertz CT molecular complexity index is 977. The molecule has 3 aliphatic rings. The van der Waals surface area contributed by atoms with Gasteiger partial charge in [0, 0.05) is 37.3 Å². The Morgan fingerprint density at radius 2 is 1.97 bits per heavy atom. The second-order valence-electron chi connectivity index (χ2n) is 11.9. The highest BCUT2D eigenvalue weighted by Gasteiger charge is 2.67. The minimum atomic E-state index is -0.842. The van der Waals surface area contributed by atoms with Crippen molar-refractivity contribution < 1.29 is 23.5 Å². The number of nitrogens with zero attached hydrogens (tertiary/aromatic N) is 1. The van der Waals surface area contributed by atoms with Gasteiger partial charge in [-0.05, 0) is 50.3 Å². The number of hydrogen-bond acceptors (Lipinski definition) is 5. The van der Waals surface area contributed by atoms with E-state index in [4.69, 9.17) is 9.47 Å². The minimum Gasteiger partial charge on any atom is -0.373 e. The number of fused-ring (bicyclic) bond motifs is 1. The maximum absolute atomic E-state index is 15.7. The second kappa shape index (κ2) is 10.7. The molecule has 0 aromatic carbocycles. The summed E-state index contributed by atoms with van der Waals surface area (Å²) >= 11 is 0. The first-order valence-corrected chi connectivity index (χ1v) is 13.4. The highest BCUT2D eigenvalue weighted by atomic mass is 19.1. The fraction of sp³-hybridized carbons (Fsp3) is 0.690. The van der Waals surface area contributed by atoms with Gasteiger partial charge in [-0.25, -0.2) is 4.39 Å². The van der Waals surface area contributed by atoms with Crippen molar-refractivity contribution in [2.75, 3.05) is 6.61 Å². The van der Waals surface area contributed by atoms with Crippen LogP contribution >= 0.6 is 0 Å². The van der Waals surface area contributed by atoms with Crippen molar-refractivity contribution in [1.82, 2.24) is 10.3 Å². The molecule has 198 valence electrons. The van der Waals surface area contributed by atoms with Gasteiger partial charge in [0.05, 0.1) is 30.0 Å². The van der Waals surface area contributed by atoms with E-state index in [2.05, 4.69) is 24.1 Å². The molecule has 0 saturated carbocycles. The molecule has 0 spiro atoms. The fourth-order valence-electron chi connectivity index (χ4n) is 5.57. The number of ether oxygens (including phenoxy) is 2. The summed E-state index contributed by atoms with van der Waals surface area (Å²) in [4.78, 5) is 30.1. The molecule has 4 heterocycles. The number of rotatable bonds is 4. The smallest absolute Gasteiger partial charge is 0.220 e. The van der Waals surface area contributed by atoms with Crippen LogP contribution in [0, 0.1) is 11.3 Å². The van der Waals surface area contributed by atoms with Crippen LogP contribution in [0.2, 0.25) is 0 Å². The molecule has 5 unspecified atom stereocenters. The van der Waals surface area contributed by atoms with Crippen molar-refractivity contribution >= 4 is 17.8 Å². The summed E-state index contributed by atoms with van der Waals surface area (Å²) in [7, 11) is 0. The summed E-state index contributed by atoms with van der Waals surface area (Å²) in [6.07, 6.45) is 9.00. The lowest BCUT2D eigenvalue weighted by Gasteiger charge is -2.27. The average Bonchev–Trinajstić information content (AvgIpc) is 3.74. The Labute approximate surface area is 214 Å². The van der Waals surface area contributed by atoms with E-state index in [0.717, 1.165) is 25.7 Å². The quantitative estimate of drug-likeness (QED) is 0.547. The number of pyridine rings is 1. The molecule has 36 heavy (non-hydrogen) atoms. The van der Waals surface area contributed by atoms with Crippen molar-refractivity contribution in [3.05, 3.63) is 35.9 Å². The first-order valence-electron chi connectivity index (χ1n) is 13.4. The Balaban J connectivity index is 1.59. The highest BCUT2D eigenvalue weighted by Crippen LogP contribution is 2.58. The van der Waals surface area contributed by atoms with E-state index in [9.17, 15) is 9.59 Å². The normalized spacial score (nSPS) is 36.0. The van der Waals surface area contributed by atoms with Gasteiger partial charge in [-0.1, -0.05) is 39.7 Å². The van der Waals surface area contributed by atoms with Gasteiger partial charge in [0.15, 0.2) is 0 Å². The zero-order valence-corrected chi connectivity index (χ0v) is 22.1. The molecule has 1 aromatic rings. The van der Waals surface area contributed by atoms with Gasteiger partial charge in [-0.2, -0.15) is 0 Å². The third-order valence-electron chi connectivity index (χ3n) is 8.42. The van der Waals surface area contributed by atoms with Crippen LogP contribution in [-0.4, -0.2) is 46.6 Å². The number of ketones is 1. The van der Waals surface area contributed by atoms with E-state index in [1.54, 1.807) is 24.4 Å². The summed E-state index contributed by atoms with van der Waals surface area (Å²) in [6, 6.07) is 4.47. The number of Topliss-reactive ketones (excluding diaryl/α,β-unsaturated/α-hetero) is 1. The molecule has 1 amide bonds. The van der Waals surface area contributed by atoms with Crippen LogP contribution in [-0.2, 0) is 19.1 Å². The third-order valence-corrected chi connectivity index (χ3v) is 8.42. The van der Waals surface area contributed by atoms with Crippen molar-refractivity contribution in [2.24, 2.45) is 11.3 Å². The van der Waals surface area contributed by atoms with Crippen LogP contribution < -0.4 is 5.32 Å². The summed E-state index contributed by atoms with van der Waals surface area (Å²) in [6.45, 7) is 8.82. The molecule has 1 aromatic heterocycles. The molecule has 7 heteroatoms. The van der Waals surface area contributed by atoms with Crippen LogP contribution in [0.1, 0.15) is 91.2 Å². The zero-order valence-electron chi connectivity index (χ0n) is 22.1. The third kappa shape index (κ3) is 6.60. The number of hydrogen-bond donors (Lipinski definition) is 1. The zero-order chi connectivity index (χ0) is 26.0. The maximum Gasteiger partial charge on any atom is 0.220 e. The highest BCUT2D eigenvalue weighted by molar-refractivity contribution is 5.85. The molecule has 3 saturated heterocycles. The van der Waals surface area contributed by atoms with Crippen LogP contribution in [0.4, 0.5) is 4.39 Å². The van der Waals surface area contributed by atoms with E-state index in [0.29, 0.717) is 43.9 Å². The van der Waals surface area contributed by atoms with Crippen molar-refractivity contribution in [3.8, 4) is 0 Å². The Hall–Kier alpha value is -2.12. The maximum atomic E-state index is 15.7. The SMILES string of the molecule is CC1CCCC2(C)OC2(CC2CO2)CC(C(F)=Cc2ccccn2)NC(=O)CCC(C)(C)C(=O)CC1. The molecular weight excluding hydrogens is 459 g/mol. The molecule has 0 radical (unpaired) electrons. The molecule has 3 fully saturated rings. The number of carbonyl (C=O) groups excluding carboxylic acids is 2. The fourth-order valence-corrected chi connectivity index (χ4v) is 5.57. The van der Waals surface area contributed by atoms with Crippen LogP contribution in [0.5, 0.6) is 0 Å². The van der Waals surface area contributed by atoms with Gasteiger partial charge in [-0.3, -0.25) is 14.6 Å². The van der Waals surface area contributed by atoms with Crippen LogP contribution in [0.15, 0.2) is 30.2 Å². The van der Waals surface area contributed by atoms with E-state index in [-0.39, 0.29) is 29.8 Å². The van der Waals surface area contributed by atoms with Gasteiger partial charge in [0.1, 0.15) is 17.2 Å².